The summed E-state index contributed by atoms with van der Waals surface area (Å²) < 4.78 is 7.03. The molecule has 0 saturated carbocycles. The largest absolute Gasteiger partial charge is 0.369 e. The Bertz CT molecular complexity index is 638. The van der Waals surface area contributed by atoms with Crippen molar-refractivity contribution < 1.29 is 9.53 Å². The van der Waals surface area contributed by atoms with Crippen LogP contribution in [0.25, 0.3) is 11.4 Å². The van der Waals surface area contributed by atoms with Crippen LogP contribution in [0, 0.1) is 0 Å². The third-order valence-electron chi connectivity index (χ3n) is 3.19. The molecule has 0 spiro atoms. The van der Waals surface area contributed by atoms with Crippen LogP contribution >= 0.6 is 0 Å². The van der Waals surface area contributed by atoms with Crippen molar-refractivity contribution in [2.45, 2.75) is 39.8 Å². The van der Waals surface area contributed by atoms with Gasteiger partial charge in [0.25, 0.3) is 5.91 Å². The number of carbonyl (C=O) groups is 1. The van der Waals surface area contributed by atoms with Gasteiger partial charge in [0.15, 0.2) is 5.82 Å². The highest BCUT2D eigenvalue weighted by Gasteiger charge is 2.18. The molecule has 0 aliphatic heterocycles. The number of amides is 1. The van der Waals surface area contributed by atoms with Gasteiger partial charge in [-0.1, -0.05) is 12.1 Å². The third-order valence-corrected chi connectivity index (χ3v) is 3.19. The number of nitrogens with one attached hydrogen (secondary N) is 1. The predicted octanol–water partition coefficient (Wildman–Crippen LogP) is 2.28. The first kappa shape index (κ1) is 16.1. The molecule has 1 N–H and O–H groups in total. The van der Waals surface area contributed by atoms with E-state index in [1.807, 2.05) is 45.0 Å². The van der Waals surface area contributed by atoms with Crippen LogP contribution in [0.3, 0.4) is 0 Å². The minimum absolute atomic E-state index is 0.121. The molecule has 0 saturated heterocycles. The van der Waals surface area contributed by atoms with E-state index >= 15 is 0 Å². The number of hydrogen-bond donors (Lipinski definition) is 1. The fraction of sp³-hybridized carbons (Fsp3) is 0.467. The predicted molar refractivity (Wildman–Crippen MR) is 83.4 cm³/mol. The highest BCUT2D eigenvalue weighted by Crippen LogP contribution is 2.27. The minimum atomic E-state index is -0.515. The van der Waals surface area contributed by atoms with Crippen LogP contribution in [0.2, 0.25) is 0 Å². The molecule has 118 valence electrons. The van der Waals surface area contributed by atoms with Crippen molar-refractivity contribution in [2.24, 2.45) is 0 Å². The summed E-state index contributed by atoms with van der Waals surface area (Å²) in [5, 5.41) is 14.7. The molecule has 0 fully saturated rings. The summed E-state index contributed by atoms with van der Waals surface area (Å²) in [5.74, 6) is 0.424. The Balaban J connectivity index is 2.31. The zero-order valence-corrected chi connectivity index (χ0v) is 13.3. The third kappa shape index (κ3) is 3.48. The quantitative estimate of drug-likeness (QED) is 0.885. The van der Waals surface area contributed by atoms with Gasteiger partial charge in [0.05, 0.1) is 11.7 Å². The Labute approximate surface area is 129 Å². The summed E-state index contributed by atoms with van der Waals surface area (Å²) in [5.41, 5.74) is 1.44. The highest BCUT2D eigenvalue weighted by atomic mass is 16.5. The average Bonchev–Trinajstić information content (AvgIpc) is 2.97. The molecule has 0 aliphatic carbocycles. The molecule has 1 aromatic heterocycles. The number of tetrazole rings is 1. The van der Waals surface area contributed by atoms with E-state index in [0.717, 1.165) is 5.56 Å². The lowest BCUT2D eigenvalue weighted by Crippen LogP contribution is -2.28. The zero-order valence-electron chi connectivity index (χ0n) is 13.3. The van der Waals surface area contributed by atoms with Crippen molar-refractivity contribution in [1.82, 2.24) is 20.2 Å². The van der Waals surface area contributed by atoms with E-state index in [0.29, 0.717) is 18.1 Å². The first-order valence-electron chi connectivity index (χ1n) is 7.34. The van der Waals surface area contributed by atoms with Gasteiger partial charge in [-0.15, -0.1) is 5.10 Å². The van der Waals surface area contributed by atoms with Crippen LogP contribution in [0.5, 0.6) is 0 Å². The second kappa shape index (κ2) is 7.13. The summed E-state index contributed by atoms with van der Waals surface area (Å²) in [6.45, 7) is 8.06. The van der Waals surface area contributed by atoms with Gasteiger partial charge in [-0.3, -0.25) is 4.79 Å². The molecule has 1 amide bonds. The number of benzene rings is 1. The Kier molecular flexibility index (Phi) is 5.21. The van der Waals surface area contributed by atoms with E-state index in [9.17, 15) is 4.79 Å². The van der Waals surface area contributed by atoms with Crippen LogP contribution < -0.4 is 5.32 Å². The molecule has 7 nitrogen and oxygen atoms in total. The number of para-hydroxylation sites is 1. The maximum absolute atomic E-state index is 12.1. The highest BCUT2D eigenvalue weighted by molar-refractivity contribution is 5.97. The van der Waals surface area contributed by atoms with Crippen molar-refractivity contribution in [3.63, 3.8) is 0 Å². The lowest BCUT2D eigenvalue weighted by atomic mass is 10.1. The topological polar surface area (TPSA) is 81.9 Å². The number of nitrogens with zero attached hydrogens (tertiary/aromatic N) is 4. The summed E-state index contributed by atoms with van der Waals surface area (Å²) in [4.78, 5) is 12.1. The summed E-state index contributed by atoms with van der Waals surface area (Å²) >= 11 is 0. The molecule has 1 aromatic carbocycles. The molecular weight excluding hydrogens is 282 g/mol. The fourth-order valence-electron chi connectivity index (χ4n) is 2.07. The monoisotopic (exact) mass is 303 g/mol. The van der Waals surface area contributed by atoms with Gasteiger partial charge >= 0.3 is 0 Å². The number of anilines is 1. The average molecular weight is 303 g/mol. The van der Waals surface area contributed by atoms with Crippen molar-refractivity contribution >= 4 is 11.6 Å². The first-order chi connectivity index (χ1) is 10.5. The van der Waals surface area contributed by atoms with Crippen LogP contribution in [-0.4, -0.2) is 38.8 Å². The van der Waals surface area contributed by atoms with Crippen molar-refractivity contribution in [3.05, 3.63) is 24.3 Å². The molecule has 2 aromatic rings. The Morgan fingerprint density at radius 3 is 2.73 bits per heavy atom. The number of carbonyl (C=O) groups excluding carboxylic acids is 1. The van der Waals surface area contributed by atoms with Crippen molar-refractivity contribution in [1.29, 1.82) is 0 Å². The lowest BCUT2D eigenvalue weighted by molar-refractivity contribution is -0.126. The van der Waals surface area contributed by atoms with E-state index < -0.39 is 6.10 Å². The number of ether oxygens (including phenoxy) is 1. The van der Waals surface area contributed by atoms with Crippen LogP contribution in [0.4, 0.5) is 5.69 Å². The van der Waals surface area contributed by atoms with Crippen molar-refractivity contribution in [2.75, 3.05) is 11.9 Å². The maximum atomic E-state index is 12.1. The van der Waals surface area contributed by atoms with Gasteiger partial charge in [-0.2, -0.15) is 0 Å². The zero-order chi connectivity index (χ0) is 16.1. The minimum Gasteiger partial charge on any atom is -0.369 e. The molecule has 22 heavy (non-hydrogen) atoms. The van der Waals surface area contributed by atoms with Gasteiger partial charge in [0, 0.05) is 12.2 Å². The van der Waals surface area contributed by atoms with Gasteiger partial charge in [-0.05, 0) is 50.3 Å². The van der Waals surface area contributed by atoms with Crippen LogP contribution in [0.1, 0.15) is 33.7 Å². The van der Waals surface area contributed by atoms with Crippen LogP contribution in [0.15, 0.2) is 24.3 Å². The number of hydrogen-bond acceptors (Lipinski definition) is 5. The Hall–Kier alpha value is -2.28. The smallest absolute Gasteiger partial charge is 0.253 e. The molecule has 7 heteroatoms. The first-order valence-corrected chi connectivity index (χ1v) is 7.34. The molecular formula is C15H21N5O2. The van der Waals surface area contributed by atoms with Crippen LogP contribution in [-0.2, 0) is 9.53 Å². The molecule has 0 radical (unpaired) electrons. The standard InChI is InChI=1S/C15H21N5O2/c1-5-22-11(4)15(21)16-13-9-7-6-8-12(13)14-17-18-19-20(14)10(2)3/h6-11H,5H2,1-4H3,(H,16,21)/t11-/m0/s1. The maximum Gasteiger partial charge on any atom is 0.253 e. The summed E-state index contributed by atoms with van der Waals surface area (Å²) in [7, 11) is 0. The van der Waals surface area contributed by atoms with E-state index in [-0.39, 0.29) is 11.9 Å². The second-order valence-corrected chi connectivity index (χ2v) is 5.17. The van der Waals surface area contributed by atoms with E-state index in [1.165, 1.54) is 0 Å². The normalized spacial score (nSPS) is 12.4. The molecule has 0 unspecified atom stereocenters. The number of aromatic nitrogens is 4. The molecule has 1 atom stereocenters. The Morgan fingerprint density at radius 2 is 2.05 bits per heavy atom. The van der Waals surface area contributed by atoms with Gasteiger partial charge in [0.1, 0.15) is 6.10 Å². The summed E-state index contributed by atoms with van der Waals surface area (Å²) in [6.07, 6.45) is -0.515. The van der Waals surface area contributed by atoms with E-state index in [1.54, 1.807) is 11.6 Å². The molecule has 2 rings (SSSR count). The van der Waals surface area contributed by atoms with Gasteiger partial charge in [0.2, 0.25) is 0 Å². The molecule has 0 aliphatic rings. The molecule has 1 heterocycles. The van der Waals surface area contributed by atoms with E-state index in [2.05, 4.69) is 20.8 Å². The fourth-order valence-corrected chi connectivity index (χ4v) is 2.07. The SMILES string of the molecule is CCO[C@@H](C)C(=O)Nc1ccccc1-c1nnnn1C(C)C. The van der Waals surface area contributed by atoms with Crippen molar-refractivity contribution in [3.8, 4) is 11.4 Å². The van der Waals surface area contributed by atoms with Gasteiger partial charge in [-0.25, -0.2) is 4.68 Å². The van der Waals surface area contributed by atoms with Gasteiger partial charge < -0.3 is 10.1 Å². The summed E-state index contributed by atoms with van der Waals surface area (Å²) in [6, 6.07) is 7.57. The lowest BCUT2D eigenvalue weighted by Gasteiger charge is -2.15. The Morgan fingerprint density at radius 1 is 1.32 bits per heavy atom. The second-order valence-electron chi connectivity index (χ2n) is 5.17. The molecule has 0 bridgehead atoms. The number of rotatable bonds is 6. The van der Waals surface area contributed by atoms with E-state index in [4.69, 9.17) is 4.74 Å².